The van der Waals surface area contributed by atoms with Crippen LogP contribution in [0.15, 0.2) is 30.3 Å². The molecule has 0 saturated heterocycles. The van der Waals surface area contributed by atoms with Gasteiger partial charge in [0.1, 0.15) is 0 Å². The lowest BCUT2D eigenvalue weighted by atomic mass is 9.81. The van der Waals surface area contributed by atoms with Crippen LogP contribution in [0, 0.1) is 5.92 Å². The minimum atomic E-state index is -0.127. The van der Waals surface area contributed by atoms with E-state index in [2.05, 4.69) is 52.0 Å². The summed E-state index contributed by atoms with van der Waals surface area (Å²) in [5, 5.41) is 3.35. The van der Waals surface area contributed by atoms with E-state index < -0.39 is 0 Å². The average molecular weight is 303 g/mol. The first-order valence-corrected chi connectivity index (χ1v) is 8.18. The number of halogens is 1. The van der Waals surface area contributed by atoms with Crippen LogP contribution in [-0.2, 0) is 11.2 Å². The largest absolute Gasteiger partial charge is 0.367 e. The van der Waals surface area contributed by atoms with Crippen LogP contribution in [0.2, 0.25) is 5.02 Å². The van der Waals surface area contributed by atoms with Crippen LogP contribution in [-0.4, -0.2) is 5.60 Å². The van der Waals surface area contributed by atoms with Gasteiger partial charge < -0.3 is 4.74 Å². The van der Waals surface area contributed by atoms with Crippen molar-refractivity contribution in [3.8, 4) is 0 Å². The number of rotatable bonds is 2. The maximum absolute atomic E-state index is 6.40. The third-order valence-corrected chi connectivity index (χ3v) is 4.88. The molecule has 21 heavy (non-hydrogen) atoms. The van der Waals surface area contributed by atoms with Gasteiger partial charge in [-0.05, 0) is 53.8 Å². The normalized spacial score (nSPS) is 22.0. The molecule has 1 heterocycles. The third kappa shape index (κ3) is 2.69. The Morgan fingerprint density at radius 2 is 2.00 bits per heavy atom. The molecule has 1 aliphatic rings. The zero-order valence-corrected chi connectivity index (χ0v) is 14.0. The van der Waals surface area contributed by atoms with Crippen LogP contribution >= 0.6 is 11.6 Å². The molecular weight excluding hydrogens is 280 g/mol. The lowest BCUT2D eigenvalue weighted by molar-refractivity contribution is -0.106. The van der Waals surface area contributed by atoms with Gasteiger partial charge in [-0.15, -0.1) is 0 Å². The van der Waals surface area contributed by atoms with Gasteiger partial charge in [0.25, 0.3) is 0 Å². The maximum atomic E-state index is 6.40. The fourth-order valence-corrected chi connectivity index (χ4v) is 3.52. The molecule has 0 fully saturated rings. The Kier molecular flexibility index (Phi) is 3.75. The Morgan fingerprint density at radius 1 is 1.29 bits per heavy atom. The highest BCUT2D eigenvalue weighted by Gasteiger charge is 2.35. The number of benzene rings is 2. The molecule has 0 aliphatic carbocycles. The predicted octanol–water partition coefficient (Wildman–Crippen LogP) is 5.93. The van der Waals surface area contributed by atoms with E-state index in [1.165, 1.54) is 21.9 Å². The van der Waals surface area contributed by atoms with Crippen LogP contribution in [0.5, 0.6) is 0 Å². The van der Waals surface area contributed by atoms with Crippen LogP contribution in [0.1, 0.15) is 51.3 Å². The molecule has 2 heteroatoms. The molecular formula is C19H23ClO. The van der Waals surface area contributed by atoms with E-state index >= 15 is 0 Å². The molecule has 0 bridgehead atoms. The van der Waals surface area contributed by atoms with Crippen LogP contribution in [0.3, 0.4) is 0 Å². The van der Waals surface area contributed by atoms with Gasteiger partial charge in [0.15, 0.2) is 0 Å². The first-order chi connectivity index (χ1) is 9.91. The Hall–Kier alpha value is -1.05. The fourth-order valence-electron chi connectivity index (χ4n) is 3.35. The summed E-state index contributed by atoms with van der Waals surface area (Å²) >= 11 is 6.23. The molecule has 2 aromatic carbocycles. The topological polar surface area (TPSA) is 9.23 Å². The van der Waals surface area contributed by atoms with Gasteiger partial charge in [0, 0.05) is 11.4 Å². The van der Waals surface area contributed by atoms with E-state index in [-0.39, 0.29) is 11.7 Å². The second-order valence-corrected chi connectivity index (χ2v) is 7.30. The first-order valence-electron chi connectivity index (χ1n) is 7.80. The lowest BCUT2D eigenvalue weighted by Crippen LogP contribution is -2.36. The van der Waals surface area contributed by atoms with Crippen molar-refractivity contribution in [2.75, 3.05) is 0 Å². The molecule has 0 spiro atoms. The monoisotopic (exact) mass is 302 g/mol. The van der Waals surface area contributed by atoms with Gasteiger partial charge in [-0.3, -0.25) is 0 Å². The second kappa shape index (κ2) is 5.30. The predicted molar refractivity (Wildman–Crippen MR) is 90.0 cm³/mol. The summed E-state index contributed by atoms with van der Waals surface area (Å²) in [6.45, 7) is 8.88. The molecule has 112 valence electrons. The highest BCUT2D eigenvalue weighted by Crippen LogP contribution is 2.43. The van der Waals surface area contributed by atoms with E-state index in [0.29, 0.717) is 5.92 Å². The fraction of sp³-hybridized carbons (Fsp3) is 0.474. The molecule has 0 aromatic heterocycles. The molecule has 0 saturated carbocycles. The molecule has 0 radical (unpaired) electrons. The minimum Gasteiger partial charge on any atom is -0.367 e. The summed E-state index contributed by atoms with van der Waals surface area (Å²) in [6.07, 6.45) is 2.23. The van der Waals surface area contributed by atoms with Crippen molar-refractivity contribution in [3.63, 3.8) is 0 Å². The van der Waals surface area contributed by atoms with E-state index in [1.807, 2.05) is 6.07 Å². The molecule has 0 amide bonds. The molecule has 2 unspecified atom stereocenters. The smallest absolute Gasteiger partial charge is 0.0860 e. The molecule has 1 nitrogen and oxygen atoms in total. The van der Waals surface area contributed by atoms with Crippen molar-refractivity contribution >= 4 is 22.4 Å². The van der Waals surface area contributed by atoms with Crippen molar-refractivity contribution in [2.24, 2.45) is 5.92 Å². The van der Waals surface area contributed by atoms with E-state index in [4.69, 9.17) is 16.3 Å². The van der Waals surface area contributed by atoms with Crippen molar-refractivity contribution in [3.05, 3.63) is 46.5 Å². The van der Waals surface area contributed by atoms with Crippen molar-refractivity contribution in [1.82, 2.24) is 0 Å². The molecule has 2 aromatic rings. The Morgan fingerprint density at radius 3 is 2.71 bits per heavy atom. The Bertz CT molecular complexity index is 675. The van der Waals surface area contributed by atoms with Crippen LogP contribution < -0.4 is 0 Å². The molecule has 3 rings (SSSR count). The van der Waals surface area contributed by atoms with Gasteiger partial charge in [0.2, 0.25) is 0 Å². The van der Waals surface area contributed by atoms with Crippen LogP contribution in [0.25, 0.3) is 10.8 Å². The zero-order chi connectivity index (χ0) is 15.2. The lowest BCUT2D eigenvalue weighted by Gasteiger charge is -2.40. The number of ether oxygens (including phenoxy) is 1. The summed E-state index contributed by atoms with van der Waals surface area (Å²) in [5.41, 5.74) is 2.63. The second-order valence-electron chi connectivity index (χ2n) is 6.86. The quantitative estimate of drug-likeness (QED) is 0.668. The van der Waals surface area contributed by atoms with E-state index in [1.54, 1.807) is 0 Å². The van der Waals surface area contributed by atoms with E-state index in [0.717, 1.165) is 17.9 Å². The minimum absolute atomic E-state index is 0.127. The first kappa shape index (κ1) is 14.9. The van der Waals surface area contributed by atoms with Crippen molar-refractivity contribution < 1.29 is 4.74 Å². The summed E-state index contributed by atoms with van der Waals surface area (Å²) in [7, 11) is 0. The van der Waals surface area contributed by atoms with Gasteiger partial charge in [-0.2, -0.15) is 0 Å². The molecule has 0 N–H and O–H groups in total. The molecule has 2 atom stereocenters. The summed E-state index contributed by atoms with van der Waals surface area (Å²) in [4.78, 5) is 0. The van der Waals surface area contributed by atoms with Crippen molar-refractivity contribution in [1.29, 1.82) is 0 Å². The Labute approximate surface area is 132 Å². The van der Waals surface area contributed by atoms with Gasteiger partial charge in [0.05, 0.1) is 11.7 Å². The number of hydrogen-bond acceptors (Lipinski definition) is 1. The highest BCUT2D eigenvalue weighted by molar-refractivity contribution is 6.31. The van der Waals surface area contributed by atoms with Gasteiger partial charge in [-0.1, -0.05) is 50.1 Å². The Balaban J connectivity index is 2.23. The van der Waals surface area contributed by atoms with Crippen molar-refractivity contribution in [2.45, 2.75) is 52.2 Å². The van der Waals surface area contributed by atoms with Gasteiger partial charge >= 0.3 is 0 Å². The third-order valence-electron chi connectivity index (χ3n) is 4.65. The number of hydrogen-bond donors (Lipinski definition) is 0. The van der Waals surface area contributed by atoms with E-state index in [9.17, 15) is 0 Å². The maximum Gasteiger partial charge on any atom is 0.0860 e. The number of fused-ring (bicyclic) bond motifs is 3. The zero-order valence-electron chi connectivity index (χ0n) is 13.2. The summed E-state index contributed by atoms with van der Waals surface area (Å²) in [5.74, 6) is 0.514. The SMILES string of the molecule is CCC(C)C1OC(C)(C)Cc2c1ccc1ccc(Cl)cc21. The van der Waals surface area contributed by atoms with Gasteiger partial charge in [-0.25, -0.2) is 0 Å². The average Bonchev–Trinajstić information content (AvgIpc) is 2.44. The molecule has 1 aliphatic heterocycles. The summed E-state index contributed by atoms with van der Waals surface area (Å²) in [6, 6.07) is 10.6. The summed E-state index contributed by atoms with van der Waals surface area (Å²) < 4.78 is 6.40. The highest BCUT2D eigenvalue weighted by atomic mass is 35.5. The van der Waals surface area contributed by atoms with Crippen LogP contribution in [0.4, 0.5) is 0 Å². The standard InChI is InChI=1S/C19H23ClO/c1-5-12(2)18-15-9-7-13-6-8-14(20)10-16(13)17(15)11-19(3,4)21-18/h6-10,12,18H,5,11H2,1-4H3.